The molecule has 35 heavy (non-hydrogen) atoms. The number of amides is 1. The molecule has 5 nitrogen and oxygen atoms in total. The third-order valence-electron chi connectivity index (χ3n) is 8.88. The molecule has 0 aliphatic heterocycles. The van der Waals surface area contributed by atoms with Gasteiger partial charge in [0.05, 0.1) is 12.7 Å². The van der Waals surface area contributed by atoms with E-state index < -0.39 is 5.91 Å². The molecule has 0 aromatic heterocycles. The monoisotopic (exact) mass is 479 g/mol. The molecule has 3 aliphatic rings. The minimum Gasteiger partial charge on any atom is -0.491 e. The normalized spacial score (nSPS) is 30.8. The number of carbonyl (C=O) groups excluding carboxylic acids is 1. The Bertz CT molecular complexity index is 1040. The molecule has 5 heteroatoms. The van der Waals surface area contributed by atoms with Crippen LogP contribution in [0.1, 0.15) is 79.4 Å². The summed E-state index contributed by atoms with van der Waals surface area (Å²) in [7, 11) is 0. The molecule has 3 aliphatic carbocycles. The second-order valence-corrected chi connectivity index (χ2v) is 10.6. The molecular weight excluding hydrogens is 438 g/mol. The van der Waals surface area contributed by atoms with Gasteiger partial charge in [-0.3, -0.25) is 4.79 Å². The van der Waals surface area contributed by atoms with Crippen LogP contribution in [0.5, 0.6) is 5.75 Å². The average molecular weight is 480 g/mol. The zero-order valence-electron chi connectivity index (χ0n) is 21.4. The van der Waals surface area contributed by atoms with E-state index in [1.807, 2.05) is 38.1 Å². The van der Waals surface area contributed by atoms with Crippen LogP contribution in [0.15, 0.2) is 42.5 Å². The van der Waals surface area contributed by atoms with Crippen LogP contribution in [0.25, 0.3) is 0 Å². The van der Waals surface area contributed by atoms with E-state index in [1.165, 1.54) is 11.1 Å². The van der Waals surface area contributed by atoms with E-state index in [4.69, 9.17) is 15.6 Å². The molecule has 4 N–H and O–H groups in total. The number of aliphatic hydroxyl groups excluding tert-OH is 2. The summed E-state index contributed by atoms with van der Waals surface area (Å²) < 4.78 is 5.64. The lowest BCUT2D eigenvalue weighted by Crippen LogP contribution is -2.44. The number of primary amides is 1. The van der Waals surface area contributed by atoms with Gasteiger partial charge in [0, 0.05) is 5.56 Å². The summed E-state index contributed by atoms with van der Waals surface area (Å²) in [6, 6.07) is 14.0. The standard InChI is InChI=1S/C28H35NO4.C2H6/c1-28-10-9-23-22-8-6-21(33-12-11-30)15-18(22)5-7-24(23)25(28)16-20(26(28)31)14-17-3-2-4-19(13-17)27(29)32;1-2/h2-4,6,8,13,15,20,23-26,30-31H,5,7,9-12,14,16H2,1H3,(H2,29,32);1-2H3. The van der Waals surface area contributed by atoms with Crippen LogP contribution < -0.4 is 10.5 Å². The van der Waals surface area contributed by atoms with Gasteiger partial charge in [-0.1, -0.05) is 39.0 Å². The third kappa shape index (κ3) is 4.85. The molecule has 0 saturated heterocycles. The van der Waals surface area contributed by atoms with Crippen LogP contribution in [-0.2, 0) is 12.8 Å². The lowest BCUT2D eigenvalue weighted by molar-refractivity contribution is -0.0325. The molecule has 2 aromatic rings. The van der Waals surface area contributed by atoms with E-state index in [9.17, 15) is 9.90 Å². The fourth-order valence-corrected chi connectivity index (χ4v) is 7.31. The van der Waals surface area contributed by atoms with Gasteiger partial charge in [0.2, 0.25) is 5.91 Å². The Balaban J connectivity index is 0.00000141. The maximum atomic E-state index is 11.6. The van der Waals surface area contributed by atoms with Crippen LogP contribution in [0, 0.1) is 23.2 Å². The predicted octanol–water partition coefficient (Wildman–Crippen LogP) is 4.87. The lowest BCUT2D eigenvalue weighted by Gasteiger charge is -2.50. The number of hydrogen-bond donors (Lipinski definition) is 3. The van der Waals surface area contributed by atoms with Gasteiger partial charge in [-0.2, -0.15) is 0 Å². The maximum Gasteiger partial charge on any atom is 0.248 e. The number of rotatable bonds is 6. The van der Waals surface area contributed by atoms with Crippen LogP contribution in [0.2, 0.25) is 0 Å². The number of ether oxygens (including phenoxy) is 1. The van der Waals surface area contributed by atoms with Gasteiger partial charge in [0.1, 0.15) is 12.4 Å². The summed E-state index contributed by atoms with van der Waals surface area (Å²) in [5.41, 5.74) is 9.88. The van der Waals surface area contributed by atoms with E-state index in [0.29, 0.717) is 29.9 Å². The minimum atomic E-state index is -0.405. The Morgan fingerprint density at radius 2 is 1.97 bits per heavy atom. The molecule has 2 saturated carbocycles. The van der Waals surface area contributed by atoms with Crippen molar-refractivity contribution in [1.82, 2.24) is 0 Å². The topological polar surface area (TPSA) is 92.8 Å². The molecule has 0 heterocycles. The second-order valence-electron chi connectivity index (χ2n) is 10.6. The molecule has 190 valence electrons. The Hall–Kier alpha value is -2.37. The van der Waals surface area contributed by atoms with Gasteiger partial charge in [0.25, 0.3) is 0 Å². The largest absolute Gasteiger partial charge is 0.491 e. The number of aliphatic hydroxyl groups is 2. The Labute approximate surface area is 209 Å². The first-order valence-electron chi connectivity index (χ1n) is 13.3. The van der Waals surface area contributed by atoms with Gasteiger partial charge >= 0.3 is 0 Å². The fraction of sp³-hybridized carbons (Fsp3) is 0.567. The fourth-order valence-electron chi connectivity index (χ4n) is 7.31. The summed E-state index contributed by atoms with van der Waals surface area (Å²) in [6.45, 7) is 6.66. The number of fused-ring (bicyclic) bond motifs is 5. The highest BCUT2D eigenvalue weighted by molar-refractivity contribution is 5.92. The number of aryl methyl sites for hydroxylation is 1. The molecule has 5 rings (SSSR count). The summed E-state index contributed by atoms with van der Waals surface area (Å²) in [6.07, 6.45) is 5.85. The van der Waals surface area contributed by atoms with E-state index in [0.717, 1.165) is 49.8 Å². The van der Waals surface area contributed by atoms with Crippen molar-refractivity contribution in [3.05, 3.63) is 64.7 Å². The molecule has 0 bridgehead atoms. The zero-order valence-corrected chi connectivity index (χ0v) is 21.4. The molecule has 0 radical (unpaired) electrons. The third-order valence-corrected chi connectivity index (χ3v) is 8.88. The predicted molar refractivity (Wildman–Crippen MR) is 139 cm³/mol. The van der Waals surface area contributed by atoms with E-state index >= 15 is 0 Å². The van der Waals surface area contributed by atoms with Crippen molar-refractivity contribution in [2.45, 2.75) is 71.3 Å². The van der Waals surface area contributed by atoms with Gasteiger partial charge in [-0.05, 0) is 109 Å². The summed E-state index contributed by atoms with van der Waals surface area (Å²) in [5, 5.41) is 20.5. The van der Waals surface area contributed by atoms with Crippen LogP contribution in [0.3, 0.4) is 0 Å². The maximum absolute atomic E-state index is 11.6. The second kappa shape index (κ2) is 10.7. The van der Waals surface area contributed by atoms with Gasteiger partial charge in [-0.25, -0.2) is 0 Å². The summed E-state index contributed by atoms with van der Waals surface area (Å²) in [4.78, 5) is 11.6. The highest BCUT2D eigenvalue weighted by Gasteiger charge is 2.57. The SMILES string of the molecule is CC.CC12CCC3c4ccc(OCCO)cc4CCC3C1CC(Cc1cccc(C(N)=O)c1)C2O. The Kier molecular flexibility index (Phi) is 7.87. The molecule has 2 aromatic carbocycles. The summed E-state index contributed by atoms with van der Waals surface area (Å²) >= 11 is 0. The van der Waals surface area contributed by atoms with Crippen molar-refractivity contribution in [2.75, 3.05) is 13.2 Å². The first-order chi connectivity index (χ1) is 16.9. The molecular formula is C30H41NO4. The van der Waals surface area contributed by atoms with Gasteiger partial charge in [0.15, 0.2) is 0 Å². The molecule has 6 unspecified atom stereocenters. The van der Waals surface area contributed by atoms with Crippen molar-refractivity contribution in [3.8, 4) is 5.75 Å². The average Bonchev–Trinajstić information content (AvgIpc) is 3.13. The number of benzene rings is 2. The Morgan fingerprint density at radius 1 is 1.17 bits per heavy atom. The molecule has 1 amide bonds. The highest BCUT2D eigenvalue weighted by Crippen LogP contribution is 2.62. The quantitative estimate of drug-likeness (QED) is 0.551. The van der Waals surface area contributed by atoms with Crippen LogP contribution >= 0.6 is 0 Å². The number of hydrogen-bond acceptors (Lipinski definition) is 4. The first kappa shape index (κ1) is 25.7. The minimum absolute atomic E-state index is 0.0262. The van der Waals surface area contributed by atoms with E-state index in [2.05, 4.69) is 19.1 Å². The lowest BCUT2D eigenvalue weighted by atomic mass is 9.55. The van der Waals surface area contributed by atoms with E-state index in [-0.39, 0.29) is 24.0 Å². The Morgan fingerprint density at radius 3 is 2.71 bits per heavy atom. The number of nitrogens with two attached hydrogens (primary N) is 1. The number of carbonyl (C=O) groups is 1. The first-order valence-corrected chi connectivity index (χ1v) is 13.3. The van der Waals surface area contributed by atoms with Crippen molar-refractivity contribution < 1.29 is 19.7 Å². The van der Waals surface area contributed by atoms with Gasteiger partial charge in [-0.15, -0.1) is 0 Å². The van der Waals surface area contributed by atoms with Crippen molar-refractivity contribution >= 4 is 5.91 Å². The molecule has 0 spiro atoms. The smallest absolute Gasteiger partial charge is 0.248 e. The zero-order chi connectivity index (χ0) is 25.2. The van der Waals surface area contributed by atoms with Gasteiger partial charge < -0.3 is 20.7 Å². The molecule has 6 atom stereocenters. The van der Waals surface area contributed by atoms with Crippen molar-refractivity contribution in [1.29, 1.82) is 0 Å². The molecule has 2 fully saturated rings. The van der Waals surface area contributed by atoms with Crippen molar-refractivity contribution in [3.63, 3.8) is 0 Å². The summed E-state index contributed by atoms with van der Waals surface area (Å²) in [5.74, 6) is 2.29. The van der Waals surface area contributed by atoms with E-state index in [1.54, 1.807) is 6.07 Å². The van der Waals surface area contributed by atoms with Crippen LogP contribution in [-0.4, -0.2) is 35.4 Å². The van der Waals surface area contributed by atoms with Crippen molar-refractivity contribution in [2.24, 2.45) is 28.9 Å². The highest BCUT2D eigenvalue weighted by atomic mass is 16.5. The van der Waals surface area contributed by atoms with Crippen LogP contribution in [0.4, 0.5) is 0 Å².